The van der Waals surface area contributed by atoms with Crippen LogP contribution in [0.4, 0.5) is 0 Å². The molecule has 2 aromatic rings. The van der Waals surface area contributed by atoms with Crippen LogP contribution in [-0.2, 0) is 16.1 Å². The summed E-state index contributed by atoms with van der Waals surface area (Å²) in [6, 6.07) is 16.9. The van der Waals surface area contributed by atoms with Crippen molar-refractivity contribution in [2.24, 2.45) is 0 Å². The number of rotatable bonds is 6. The summed E-state index contributed by atoms with van der Waals surface area (Å²) in [6.07, 6.45) is 2.16. The summed E-state index contributed by atoms with van der Waals surface area (Å²) >= 11 is 1.40. The third-order valence-corrected chi connectivity index (χ3v) is 5.19. The monoisotopic (exact) mass is 355 g/mol. The molecule has 0 bridgehead atoms. The summed E-state index contributed by atoms with van der Waals surface area (Å²) in [5.41, 5.74) is 1.46. The van der Waals surface area contributed by atoms with Crippen molar-refractivity contribution < 1.29 is 14.3 Å². The van der Waals surface area contributed by atoms with Crippen LogP contribution in [0.5, 0.6) is 0 Å². The summed E-state index contributed by atoms with van der Waals surface area (Å²) in [7, 11) is 0. The molecule has 0 radical (unpaired) electrons. The second-order valence-electron chi connectivity index (χ2n) is 5.93. The maximum atomic E-state index is 12.4. The van der Waals surface area contributed by atoms with E-state index in [1.165, 1.54) is 11.8 Å². The number of nitrogens with zero attached hydrogens (tertiary/aromatic N) is 1. The van der Waals surface area contributed by atoms with Crippen molar-refractivity contribution in [3.8, 4) is 0 Å². The van der Waals surface area contributed by atoms with Gasteiger partial charge in [-0.2, -0.15) is 0 Å². The lowest BCUT2D eigenvalue weighted by molar-refractivity contribution is -0.127. The van der Waals surface area contributed by atoms with E-state index in [9.17, 15) is 9.59 Å². The van der Waals surface area contributed by atoms with Crippen LogP contribution in [0.25, 0.3) is 0 Å². The summed E-state index contributed by atoms with van der Waals surface area (Å²) in [5, 5.41) is 0. The average Bonchev–Trinajstić information content (AvgIpc) is 3.20. The van der Waals surface area contributed by atoms with Gasteiger partial charge in [0, 0.05) is 18.0 Å². The van der Waals surface area contributed by atoms with Crippen molar-refractivity contribution in [1.82, 2.24) is 4.90 Å². The van der Waals surface area contributed by atoms with E-state index < -0.39 is 0 Å². The Balaban J connectivity index is 1.59. The van der Waals surface area contributed by atoms with Crippen LogP contribution >= 0.6 is 11.8 Å². The van der Waals surface area contributed by atoms with Gasteiger partial charge in [0.1, 0.15) is 6.61 Å². The molecule has 25 heavy (non-hydrogen) atoms. The second-order valence-corrected chi connectivity index (χ2v) is 6.95. The molecular weight excluding hydrogens is 334 g/mol. The number of thioether (sulfide) groups is 1. The lowest BCUT2D eigenvalue weighted by Gasteiger charge is -2.15. The normalized spacial score (nSPS) is 13.7. The highest BCUT2D eigenvalue weighted by molar-refractivity contribution is 8.00. The number of carbonyl (C=O) groups excluding carboxylic acids is 2. The van der Waals surface area contributed by atoms with Crippen LogP contribution in [-0.4, -0.2) is 35.6 Å². The van der Waals surface area contributed by atoms with E-state index in [0.29, 0.717) is 11.3 Å². The standard InChI is InChI=1S/C20H21NO3S/c22-19(21-12-6-7-13-21)15-25-18-11-5-4-10-17(18)20(23)24-14-16-8-2-1-3-9-16/h1-5,8-11H,6-7,12-15H2. The predicted octanol–water partition coefficient (Wildman–Crippen LogP) is 3.76. The van der Waals surface area contributed by atoms with Gasteiger partial charge < -0.3 is 9.64 Å². The Labute approximate surface area is 152 Å². The first kappa shape index (κ1) is 17.5. The van der Waals surface area contributed by atoms with Gasteiger partial charge in [-0.3, -0.25) is 4.79 Å². The Morgan fingerprint density at radius 1 is 0.960 bits per heavy atom. The fourth-order valence-corrected chi connectivity index (χ4v) is 3.70. The average molecular weight is 355 g/mol. The van der Waals surface area contributed by atoms with Crippen LogP contribution in [0.15, 0.2) is 59.5 Å². The van der Waals surface area contributed by atoms with Crippen molar-refractivity contribution in [3.05, 3.63) is 65.7 Å². The van der Waals surface area contributed by atoms with E-state index in [4.69, 9.17) is 4.74 Å². The van der Waals surface area contributed by atoms with E-state index in [-0.39, 0.29) is 18.5 Å². The fourth-order valence-electron chi connectivity index (χ4n) is 2.76. The Morgan fingerprint density at radius 3 is 2.40 bits per heavy atom. The molecule has 5 heteroatoms. The van der Waals surface area contributed by atoms with E-state index in [2.05, 4.69) is 0 Å². The molecule has 1 fully saturated rings. The minimum absolute atomic E-state index is 0.134. The molecule has 0 aromatic heterocycles. The van der Waals surface area contributed by atoms with Gasteiger partial charge in [0.05, 0.1) is 11.3 Å². The molecule has 0 spiro atoms. The quantitative estimate of drug-likeness (QED) is 0.585. The first-order chi connectivity index (χ1) is 12.2. The molecular formula is C20H21NO3S. The Morgan fingerprint density at radius 2 is 1.64 bits per heavy atom. The van der Waals surface area contributed by atoms with E-state index in [0.717, 1.165) is 36.4 Å². The number of benzene rings is 2. The SMILES string of the molecule is O=C(OCc1ccccc1)c1ccccc1SCC(=O)N1CCCC1. The molecule has 1 heterocycles. The maximum Gasteiger partial charge on any atom is 0.339 e. The number of hydrogen-bond donors (Lipinski definition) is 0. The number of ether oxygens (including phenoxy) is 1. The van der Waals surface area contributed by atoms with Gasteiger partial charge >= 0.3 is 5.97 Å². The molecule has 1 amide bonds. The number of amides is 1. The van der Waals surface area contributed by atoms with Gasteiger partial charge in [-0.1, -0.05) is 42.5 Å². The van der Waals surface area contributed by atoms with Crippen LogP contribution in [0.1, 0.15) is 28.8 Å². The molecule has 0 unspecified atom stereocenters. The highest BCUT2D eigenvalue weighted by Gasteiger charge is 2.19. The zero-order valence-corrected chi connectivity index (χ0v) is 14.8. The summed E-state index contributed by atoms with van der Waals surface area (Å²) in [4.78, 5) is 27.3. The molecule has 1 aliphatic heterocycles. The molecule has 1 aliphatic rings. The Hall–Kier alpha value is -2.27. The van der Waals surface area contributed by atoms with Crippen LogP contribution < -0.4 is 0 Å². The van der Waals surface area contributed by atoms with Crippen LogP contribution in [0.3, 0.4) is 0 Å². The highest BCUT2D eigenvalue weighted by Crippen LogP contribution is 2.24. The minimum Gasteiger partial charge on any atom is -0.457 e. The molecule has 3 rings (SSSR count). The lowest BCUT2D eigenvalue weighted by Crippen LogP contribution is -2.29. The van der Waals surface area contributed by atoms with Gasteiger partial charge in [0.15, 0.2) is 0 Å². The van der Waals surface area contributed by atoms with Gasteiger partial charge in [0.2, 0.25) is 5.91 Å². The fraction of sp³-hybridized carbons (Fsp3) is 0.300. The number of hydrogen-bond acceptors (Lipinski definition) is 4. The van der Waals surface area contributed by atoms with Crippen molar-refractivity contribution in [1.29, 1.82) is 0 Å². The zero-order chi connectivity index (χ0) is 17.5. The minimum atomic E-state index is -0.361. The van der Waals surface area contributed by atoms with Crippen molar-refractivity contribution in [2.45, 2.75) is 24.3 Å². The number of likely N-dealkylation sites (tertiary alicyclic amines) is 1. The predicted molar refractivity (Wildman–Crippen MR) is 98.5 cm³/mol. The van der Waals surface area contributed by atoms with Gasteiger partial charge in [-0.05, 0) is 30.5 Å². The van der Waals surface area contributed by atoms with E-state index >= 15 is 0 Å². The largest absolute Gasteiger partial charge is 0.457 e. The summed E-state index contributed by atoms with van der Waals surface area (Å²) < 4.78 is 5.41. The molecule has 2 aromatic carbocycles. The van der Waals surface area contributed by atoms with Crippen LogP contribution in [0.2, 0.25) is 0 Å². The lowest BCUT2D eigenvalue weighted by atomic mass is 10.2. The van der Waals surface area contributed by atoms with Gasteiger partial charge in [0.25, 0.3) is 0 Å². The summed E-state index contributed by atoms with van der Waals surface area (Å²) in [6.45, 7) is 1.94. The molecule has 4 nitrogen and oxygen atoms in total. The van der Waals surface area contributed by atoms with Crippen molar-refractivity contribution >= 4 is 23.6 Å². The van der Waals surface area contributed by atoms with Crippen molar-refractivity contribution in [3.63, 3.8) is 0 Å². The van der Waals surface area contributed by atoms with E-state index in [1.54, 1.807) is 6.07 Å². The van der Waals surface area contributed by atoms with Gasteiger partial charge in [-0.15, -0.1) is 11.8 Å². The topological polar surface area (TPSA) is 46.6 Å². The summed E-state index contributed by atoms with van der Waals surface area (Å²) in [5.74, 6) is 0.124. The molecule has 130 valence electrons. The second kappa shape index (κ2) is 8.72. The Kier molecular flexibility index (Phi) is 6.12. The van der Waals surface area contributed by atoms with Crippen molar-refractivity contribution in [2.75, 3.05) is 18.8 Å². The first-order valence-electron chi connectivity index (χ1n) is 8.45. The Bertz CT molecular complexity index is 727. The molecule has 0 N–H and O–H groups in total. The third kappa shape index (κ3) is 4.86. The third-order valence-electron chi connectivity index (χ3n) is 4.13. The van der Waals surface area contributed by atoms with E-state index in [1.807, 2.05) is 53.4 Å². The molecule has 0 aliphatic carbocycles. The van der Waals surface area contributed by atoms with Crippen LogP contribution in [0, 0.1) is 0 Å². The number of carbonyl (C=O) groups is 2. The molecule has 1 saturated heterocycles. The van der Waals surface area contributed by atoms with Gasteiger partial charge in [-0.25, -0.2) is 4.79 Å². The first-order valence-corrected chi connectivity index (χ1v) is 9.43. The smallest absolute Gasteiger partial charge is 0.339 e. The number of esters is 1. The zero-order valence-electron chi connectivity index (χ0n) is 14.0. The highest BCUT2D eigenvalue weighted by atomic mass is 32.2. The molecule has 0 saturated carbocycles. The molecule has 0 atom stereocenters. The maximum absolute atomic E-state index is 12.4.